The van der Waals surface area contributed by atoms with Gasteiger partial charge in [0.05, 0.1) is 30.0 Å². The SMILES string of the molecule is O=C(NCC(F)(F)CO)c1cnn2ccncc12. The highest BCUT2D eigenvalue weighted by Crippen LogP contribution is 2.12. The van der Waals surface area contributed by atoms with Crippen molar-refractivity contribution in [3.05, 3.63) is 30.4 Å². The number of nitrogens with zero attached hydrogens (tertiary/aromatic N) is 3. The Kier molecular flexibility index (Phi) is 3.19. The van der Waals surface area contributed by atoms with Crippen molar-refractivity contribution in [1.29, 1.82) is 0 Å². The van der Waals surface area contributed by atoms with E-state index in [1.165, 1.54) is 29.3 Å². The standard InChI is InChI=1S/C10H10F2N4O2/c11-10(12,6-17)5-14-9(18)7-3-15-16-2-1-13-4-8(7)16/h1-4,17H,5-6H2,(H,14,18). The fraction of sp³-hybridized carbons (Fsp3) is 0.300. The van der Waals surface area contributed by atoms with Crippen LogP contribution in [-0.2, 0) is 0 Å². The van der Waals surface area contributed by atoms with Gasteiger partial charge < -0.3 is 10.4 Å². The van der Waals surface area contributed by atoms with E-state index in [1.54, 1.807) is 0 Å². The number of aliphatic hydroxyl groups is 1. The summed E-state index contributed by atoms with van der Waals surface area (Å²) in [5.74, 6) is -4.03. The summed E-state index contributed by atoms with van der Waals surface area (Å²) in [5.41, 5.74) is 0.569. The third-order valence-electron chi connectivity index (χ3n) is 2.31. The molecule has 0 bridgehead atoms. The Labute approximate surface area is 100 Å². The van der Waals surface area contributed by atoms with Gasteiger partial charge in [-0.2, -0.15) is 5.10 Å². The summed E-state index contributed by atoms with van der Waals surface area (Å²) in [6.45, 7) is -2.25. The fourth-order valence-corrected chi connectivity index (χ4v) is 1.37. The third kappa shape index (κ3) is 2.43. The predicted octanol–water partition coefficient (Wildman–Crippen LogP) is 0.0867. The van der Waals surface area contributed by atoms with E-state index in [4.69, 9.17) is 5.11 Å². The van der Waals surface area contributed by atoms with Crippen molar-refractivity contribution in [2.75, 3.05) is 13.2 Å². The number of amides is 1. The minimum atomic E-state index is -3.34. The molecule has 2 aromatic rings. The fourth-order valence-electron chi connectivity index (χ4n) is 1.37. The number of aromatic nitrogens is 3. The van der Waals surface area contributed by atoms with Crippen LogP contribution in [0.25, 0.3) is 5.52 Å². The summed E-state index contributed by atoms with van der Waals surface area (Å²) in [4.78, 5) is 15.5. The zero-order valence-corrected chi connectivity index (χ0v) is 9.18. The number of halogens is 2. The van der Waals surface area contributed by atoms with Gasteiger partial charge in [0.1, 0.15) is 6.61 Å². The first-order chi connectivity index (χ1) is 8.53. The predicted molar refractivity (Wildman–Crippen MR) is 57.4 cm³/mol. The number of rotatable bonds is 4. The molecule has 2 heterocycles. The number of carbonyl (C=O) groups is 1. The van der Waals surface area contributed by atoms with Crippen LogP contribution in [0.1, 0.15) is 10.4 Å². The Bertz CT molecular complexity index is 570. The molecular weight excluding hydrogens is 246 g/mol. The van der Waals surface area contributed by atoms with Gasteiger partial charge in [0.2, 0.25) is 0 Å². The Balaban J connectivity index is 2.14. The molecular formula is C10H10F2N4O2. The number of carbonyl (C=O) groups excluding carboxylic acids is 1. The number of alkyl halides is 2. The van der Waals surface area contributed by atoms with Crippen LogP contribution < -0.4 is 5.32 Å². The summed E-state index contributed by atoms with van der Waals surface area (Å²) < 4.78 is 27.0. The average molecular weight is 256 g/mol. The van der Waals surface area contributed by atoms with Crippen molar-refractivity contribution in [3.63, 3.8) is 0 Å². The quantitative estimate of drug-likeness (QED) is 0.812. The molecule has 0 aliphatic heterocycles. The molecule has 0 fully saturated rings. The minimum Gasteiger partial charge on any atom is -0.390 e. The number of aliphatic hydroxyl groups excluding tert-OH is 1. The van der Waals surface area contributed by atoms with Crippen molar-refractivity contribution in [2.24, 2.45) is 0 Å². The Morgan fingerprint density at radius 2 is 2.28 bits per heavy atom. The largest absolute Gasteiger partial charge is 0.390 e. The minimum absolute atomic E-state index is 0.150. The maximum Gasteiger partial charge on any atom is 0.287 e. The molecule has 0 spiro atoms. The molecule has 8 heteroatoms. The second kappa shape index (κ2) is 4.65. The van der Waals surface area contributed by atoms with Crippen LogP contribution in [0.2, 0.25) is 0 Å². The van der Waals surface area contributed by atoms with Crippen LogP contribution in [0.4, 0.5) is 8.78 Å². The zero-order chi connectivity index (χ0) is 13.2. The summed E-state index contributed by atoms with van der Waals surface area (Å²) in [5, 5.41) is 14.3. The van der Waals surface area contributed by atoms with Gasteiger partial charge in [-0.15, -0.1) is 0 Å². The highest BCUT2D eigenvalue weighted by molar-refractivity contribution is 6.00. The van der Waals surface area contributed by atoms with Crippen LogP contribution in [0, 0.1) is 0 Å². The molecule has 0 radical (unpaired) electrons. The van der Waals surface area contributed by atoms with Gasteiger partial charge in [-0.3, -0.25) is 9.78 Å². The highest BCUT2D eigenvalue weighted by Gasteiger charge is 2.28. The summed E-state index contributed by atoms with van der Waals surface area (Å²) in [7, 11) is 0. The van der Waals surface area contributed by atoms with E-state index in [2.05, 4.69) is 10.1 Å². The van der Waals surface area contributed by atoms with Crippen LogP contribution in [0.5, 0.6) is 0 Å². The van der Waals surface area contributed by atoms with Gasteiger partial charge in [-0.1, -0.05) is 0 Å². The first-order valence-electron chi connectivity index (χ1n) is 5.08. The summed E-state index contributed by atoms with van der Waals surface area (Å²) in [6.07, 6.45) is 5.70. The van der Waals surface area contributed by atoms with Crippen molar-refractivity contribution < 1.29 is 18.7 Å². The first kappa shape index (κ1) is 12.4. The Morgan fingerprint density at radius 3 is 3.00 bits per heavy atom. The molecule has 0 aromatic carbocycles. The van der Waals surface area contributed by atoms with Crippen molar-refractivity contribution in [3.8, 4) is 0 Å². The molecule has 0 saturated carbocycles. The number of nitrogens with one attached hydrogen (secondary N) is 1. The lowest BCUT2D eigenvalue weighted by Crippen LogP contribution is -2.38. The van der Waals surface area contributed by atoms with E-state index in [1.807, 2.05) is 5.32 Å². The number of hydrogen-bond acceptors (Lipinski definition) is 4. The van der Waals surface area contributed by atoms with E-state index in [9.17, 15) is 13.6 Å². The molecule has 0 saturated heterocycles. The van der Waals surface area contributed by atoms with E-state index < -0.39 is 25.0 Å². The summed E-state index contributed by atoms with van der Waals surface area (Å²) in [6, 6.07) is 0. The number of hydrogen-bond donors (Lipinski definition) is 2. The molecule has 0 aliphatic carbocycles. The zero-order valence-electron chi connectivity index (χ0n) is 9.18. The summed E-state index contributed by atoms with van der Waals surface area (Å²) >= 11 is 0. The van der Waals surface area contributed by atoms with Crippen molar-refractivity contribution >= 4 is 11.4 Å². The van der Waals surface area contributed by atoms with Crippen LogP contribution in [0.3, 0.4) is 0 Å². The van der Waals surface area contributed by atoms with Crippen LogP contribution in [0.15, 0.2) is 24.8 Å². The number of fused-ring (bicyclic) bond motifs is 1. The van der Waals surface area contributed by atoms with E-state index >= 15 is 0 Å². The molecule has 1 amide bonds. The maximum atomic E-state index is 12.8. The molecule has 18 heavy (non-hydrogen) atoms. The Morgan fingerprint density at radius 1 is 1.50 bits per heavy atom. The van der Waals surface area contributed by atoms with Gasteiger partial charge in [-0.05, 0) is 0 Å². The lowest BCUT2D eigenvalue weighted by molar-refractivity contribution is -0.0461. The van der Waals surface area contributed by atoms with Gasteiger partial charge in [-0.25, -0.2) is 13.3 Å². The lowest BCUT2D eigenvalue weighted by Gasteiger charge is -2.13. The van der Waals surface area contributed by atoms with Gasteiger partial charge in [0, 0.05) is 12.4 Å². The molecule has 0 aliphatic rings. The van der Waals surface area contributed by atoms with E-state index in [0.29, 0.717) is 5.52 Å². The molecule has 2 aromatic heterocycles. The smallest absolute Gasteiger partial charge is 0.287 e. The van der Waals surface area contributed by atoms with Gasteiger partial charge in [0.15, 0.2) is 0 Å². The third-order valence-corrected chi connectivity index (χ3v) is 2.31. The monoisotopic (exact) mass is 256 g/mol. The van der Waals surface area contributed by atoms with E-state index in [0.717, 1.165) is 0 Å². The maximum absolute atomic E-state index is 12.8. The molecule has 0 atom stereocenters. The normalized spacial score (nSPS) is 11.7. The molecule has 6 nitrogen and oxygen atoms in total. The lowest BCUT2D eigenvalue weighted by atomic mass is 10.2. The molecule has 96 valence electrons. The average Bonchev–Trinajstić information content (AvgIpc) is 2.80. The highest BCUT2D eigenvalue weighted by atomic mass is 19.3. The molecule has 0 unspecified atom stereocenters. The van der Waals surface area contributed by atoms with Gasteiger partial charge >= 0.3 is 0 Å². The second-order valence-corrected chi connectivity index (χ2v) is 3.66. The first-order valence-corrected chi connectivity index (χ1v) is 5.08. The van der Waals surface area contributed by atoms with Crippen molar-refractivity contribution in [2.45, 2.75) is 5.92 Å². The van der Waals surface area contributed by atoms with E-state index in [-0.39, 0.29) is 5.56 Å². The topological polar surface area (TPSA) is 79.5 Å². The van der Waals surface area contributed by atoms with Crippen LogP contribution >= 0.6 is 0 Å². The molecule has 2 rings (SSSR count). The molecule has 2 N–H and O–H groups in total. The van der Waals surface area contributed by atoms with Gasteiger partial charge in [0.25, 0.3) is 11.8 Å². The van der Waals surface area contributed by atoms with Crippen LogP contribution in [-0.4, -0.2) is 44.7 Å². The van der Waals surface area contributed by atoms with Crippen molar-refractivity contribution in [1.82, 2.24) is 19.9 Å². The Hall–Kier alpha value is -2.09. The second-order valence-electron chi connectivity index (χ2n) is 3.66.